The summed E-state index contributed by atoms with van der Waals surface area (Å²) >= 11 is 1.39. The third kappa shape index (κ3) is 4.74. The van der Waals surface area contributed by atoms with E-state index < -0.39 is 0 Å². The number of methoxy groups -OCH3 is 2. The number of para-hydroxylation sites is 1. The minimum Gasteiger partial charge on any atom is -0.497 e. The number of ether oxygens (including phenoxy) is 2. The molecule has 0 saturated heterocycles. The molecule has 1 aromatic heterocycles. The highest BCUT2D eigenvalue weighted by molar-refractivity contribution is 7.99. The molecule has 0 fully saturated rings. The molecule has 5 rings (SSSR count). The zero-order valence-corrected chi connectivity index (χ0v) is 20.5. The Hall–Kier alpha value is -3.78. The molecule has 0 unspecified atom stereocenters. The maximum atomic E-state index is 13.2. The van der Waals surface area contributed by atoms with E-state index in [2.05, 4.69) is 16.3 Å². The quantitative estimate of drug-likeness (QED) is 0.342. The number of thioether (sulfide) groups is 1. The van der Waals surface area contributed by atoms with Crippen molar-refractivity contribution in [1.82, 2.24) is 14.8 Å². The average Bonchev–Trinajstić information content (AvgIpc) is 3.35. The van der Waals surface area contributed by atoms with Gasteiger partial charge in [-0.1, -0.05) is 42.1 Å². The lowest BCUT2D eigenvalue weighted by molar-refractivity contribution is -0.116. The van der Waals surface area contributed by atoms with Crippen LogP contribution < -0.4 is 14.4 Å². The second kappa shape index (κ2) is 10.2. The van der Waals surface area contributed by atoms with E-state index in [9.17, 15) is 4.79 Å². The Kier molecular flexibility index (Phi) is 6.72. The van der Waals surface area contributed by atoms with Gasteiger partial charge in [-0.05, 0) is 60.9 Å². The maximum Gasteiger partial charge on any atom is 0.237 e. The lowest BCUT2D eigenvalue weighted by Gasteiger charge is -2.29. The van der Waals surface area contributed by atoms with E-state index in [1.165, 1.54) is 17.3 Å². The number of benzene rings is 3. The number of hydrogen-bond acceptors (Lipinski definition) is 6. The number of nitrogens with zero attached hydrogens (tertiary/aromatic N) is 4. The molecule has 4 aromatic rings. The van der Waals surface area contributed by atoms with Crippen LogP contribution in [0.5, 0.6) is 11.5 Å². The molecule has 0 N–H and O–H groups in total. The first-order valence-electron chi connectivity index (χ1n) is 11.4. The average molecular weight is 487 g/mol. The summed E-state index contributed by atoms with van der Waals surface area (Å²) in [5.74, 6) is 2.50. The molecule has 0 atom stereocenters. The number of aromatic nitrogens is 3. The summed E-state index contributed by atoms with van der Waals surface area (Å²) in [6, 6.07) is 23.6. The standard InChI is InChI=1S/C27H26N4O3S/c1-33-22-14-12-21(13-15-22)31-26(20-8-5-10-23(17-20)34-2)28-29-27(31)35-18-25(32)30-16-6-9-19-7-3-4-11-24(19)30/h3-5,7-8,10-15,17H,6,9,16,18H2,1-2H3. The van der Waals surface area contributed by atoms with Crippen molar-refractivity contribution in [1.29, 1.82) is 0 Å². The maximum absolute atomic E-state index is 13.2. The van der Waals surface area contributed by atoms with Crippen LogP contribution in [-0.4, -0.2) is 47.2 Å². The monoisotopic (exact) mass is 486 g/mol. The number of anilines is 1. The fourth-order valence-electron chi connectivity index (χ4n) is 4.27. The zero-order valence-electron chi connectivity index (χ0n) is 19.7. The Morgan fingerprint density at radius 3 is 2.54 bits per heavy atom. The minimum absolute atomic E-state index is 0.0642. The van der Waals surface area contributed by atoms with E-state index in [0.29, 0.717) is 11.0 Å². The highest BCUT2D eigenvalue weighted by atomic mass is 32.2. The van der Waals surface area contributed by atoms with Crippen LogP contribution in [0.1, 0.15) is 12.0 Å². The molecule has 1 amide bonds. The Bertz CT molecular complexity index is 1340. The third-order valence-electron chi connectivity index (χ3n) is 6.03. The second-order valence-corrected chi connectivity index (χ2v) is 9.08. The molecule has 7 nitrogen and oxygen atoms in total. The van der Waals surface area contributed by atoms with Gasteiger partial charge in [-0.15, -0.1) is 10.2 Å². The molecule has 35 heavy (non-hydrogen) atoms. The number of carbonyl (C=O) groups is 1. The van der Waals surface area contributed by atoms with Crippen LogP contribution in [0.4, 0.5) is 5.69 Å². The Balaban J connectivity index is 1.46. The van der Waals surface area contributed by atoms with Crippen molar-refractivity contribution in [3.8, 4) is 28.6 Å². The van der Waals surface area contributed by atoms with Gasteiger partial charge in [-0.3, -0.25) is 9.36 Å². The number of carbonyl (C=O) groups excluding carboxylic acids is 1. The van der Waals surface area contributed by atoms with Crippen LogP contribution in [0.3, 0.4) is 0 Å². The van der Waals surface area contributed by atoms with Crippen molar-refractivity contribution in [2.45, 2.75) is 18.0 Å². The molecule has 8 heteroatoms. The summed E-state index contributed by atoms with van der Waals surface area (Å²) in [7, 11) is 3.28. The summed E-state index contributed by atoms with van der Waals surface area (Å²) in [5, 5.41) is 9.59. The normalized spacial score (nSPS) is 12.8. The minimum atomic E-state index is 0.0642. The topological polar surface area (TPSA) is 69.5 Å². The highest BCUT2D eigenvalue weighted by Crippen LogP contribution is 2.32. The first kappa shape index (κ1) is 23.0. The molecule has 0 saturated carbocycles. The Labute approximate surface area is 208 Å². The van der Waals surface area contributed by atoms with E-state index in [4.69, 9.17) is 9.47 Å². The third-order valence-corrected chi connectivity index (χ3v) is 6.94. The van der Waals surface area contributed by atoms with Crippen LogP contribution in [0.25, 0.3) is 17.1 Å². The lowest BCUT2D eigenvalue weighted by atomic mass is 10.0. The first-order chi connectivity index (χ1) is 17.2. The van der Waals surface area contributed by atoms with Gasteiger partial charge in [-0.2, -0.15) is 0 Å². The van der Waals surface area contributed by atoms with Gasteiger partial charge in [0.25, 0.3) is 0 Å². The molecule has 0 radical (unpaired) electrons. The van der Waals surface area contributed by atoms with Crippen LogP contribution in [-0.2, 0) is 11.2 Å². The van der Waals surface area contributed by atoms with Gasteiger partial charge in [0, 0.05) is 23.5 Å². The van der Waals surface area contributed by atoms with Crippen molar-refractivity contribution >= 4 is 23.4 Å². The molecule has 3 aromatic carbocycles. The molecular formula is C27H26N4O3S. The fraction of sp³-hybridized carbons (Fsp3) is 0.222. The number of aryl methyl sites for hydroxylation is 1. The molecule has 0 spiro atoms. The van der Waals surface area contributed by atoms with E-state index in [1.54, 1.807) is 14.2 Å². The number of hydrogen-bond donors (Lipinski definition) is 0. The zero-order chi connectivity index (χ0) is 24.2. The predicted molar refractivity (Wildman–Crippen MR) is 138 cm³/mol. The van der Waals surface area contributed by atoms with E-state index in [0.717, 1.165) is 47.8 Å². The fourth-order valence-corrected chi connectivity index (χ4v) is 5.10. The van der Waals surface area contributed by atoms with Gasteiger partial charge in [0.15, 0.2) is 11.0 Å². The van der Waals surface area contributed by atoms with Crippen LogP contribution >= 0.6 is 11.8 Å². The molecule has 1 aliphatic rings. The molecule has 0 aliphatic carbocycles. The second-order valence-electron chi connectivity index (χ2n) is 8.14. The Morgan fingerprint density at radius 1 is 0.943 bits per heavy atom. The summed E-state index contributed by atoms with van der Waals surface area (Å²) in [6.07, 6.45) is 1.97. The SMILES string of the molecule is COc1ccc(-n2c(SCC(=O)N3CCCc4ccccc43)nnc2-c2cccc(OC)c2)cc1. The van der Waals surface area contributed by atoms with Crippen molar-refractivity contribution in [2.24, 2.45) is 0 Å². The van der Waals surface area contributed by atoms with E-state index in [-0.39, 0.29) is 11.7 Å². The summed E-state index contributed by atoms with van der Waals surface area (Å²) in [6.45, 7) is 0.733. The lowest BCUT2D eigenvalue weighted by Crippen LogP contribution is -2.36. The summed E-state index contributed by atoms with van der Waals surface area (Å²) < 4.78 is 12.7. The number of amides is 1. The molecule has 1 aliphatic heterocycles. The van der Waals surface area contributed by atoms with Crippen LogP contribution in [0.2, 0.25) is 0 Å². The first-order valence-corrected chi connectivity index (χ1v) is 12.4. The van der Waals surface area contributed by atoms with Gasteiger partial charge < -0.3 is 14.4 Å². The van der Waals surface area contributed by atoms with Crippen molar-refractivity contribution < 1.29 is 14.3 Å². The van der Waals surface area contributed by atoms with Gasteiger partial charge in [-0.25, -0.2) is 0 Å². The summed E-state index contributed by atoms with van der Waals surface area (Å²) in [4.78, 5) is 15.1. The molecule has 2 heterocycles. The largest absolute Gasteiger partial charge is 0.497 e. The van der Waals surface area contributed by atoms with Gasteiger partial charge in [0.1, 0.15) is 11.5 Å². The number of rotatable bonds is 7. The summed E-state index contributed by atoms with van der Waals surface area (Å²) in [5.41, 5.74) is 3.99. The highest BCUT2D eigenvalue weighted by Gasteiger charge is 2.24. The molecule has 0 bridgehead atoms. The smallest absolute Gasteiger partial charge is 0.237 e. The molecule has 178 valence electrons. The Morgan fingerprint density at radius 2 is 1.74 bits per heavy atom. The van der Waals surface area contributed by atoms with Crippen LogP contribution in [0, 0.1) is 0 Å². The van der Waals surface area contributed by atoms with Crippen molar-refractivity contribution in [3.05, 3.63) is 78.4 Å². The predicted octanol–water partition coefficient (Wildman–Crippen LogP) is 5.02. The van der Waals surface area contributed by atoms with E-state index in [1.807, 2.05) is 76.2 Å². The van der Waals surface area contributed by atoms with Crippen LogP contribution in [0.15, 0.2) is 78.0 Å². The van der Waals surface area contributed by atoms with Gasteiger partial charge in [0.2, 0.25) is 5.91 Å². The molecular weight excluding hydrogens is 460 g/mol. The van der Waals surface area contributed by atoms with Gasteiger partial charge >= 0.3 is 0 Å². The van der Waals surface area contributed by atoms with E-state index >= 15 is 0 Å². The number of fused-ring (bicyclic) bond motifs is 1. The van der Waals surface area contributed by atoms with Crippen molar-refractivity contribution in [2.75, 3.05) is 31.4 Å². The van der Waals surface area contributed by atoms with Gasteiger partial charge in [0.05, 0.1) is 20.0 Å². The van der Waals surface area contributed by atoms with Crippen molar-refractivity contribution in [3.63, 3.8) is 0 Å².